The van der Waals surface area contributed by atoms with Gasteiger partial charge in [-0.15, -0.1) is 0 Å². The van der Waals surface area contributed by atoms with E-state index in [1.165, 1.54) is 12.8 Å². The van der Waals surface area contributed by atoms with E-state index in [4.69, 9.17) is 0 Å². The number of hydrogen-bond acceptors (Lipinski definition) is 5. The highest BCUT2D eigenvalue weighted by molar-refractivity contribution is 9.10. The van der Waals surface area contributed by atoms with Gasteiger partial charge in [-0.3, -0.25) is 5.10 Å². The van der Waals surface area contributed by atoms with Gasteiger partial charge in [0.05, 0.1) is 4.47 Å². The fourth-order valence-electron chi connectivity index (χ4n) is 2.40. The zero-order valence-electron chi connectivity index (χ0n) is 12.9. The SMILES string of the molecule is Fc1cc(F)cc(Nc2ncc(Br)c(Nc3cc(C4CC4)[nH]n3)n2)c1. The van der Waals surface area contributed by atoms with Crippen LogP contribution in [-0.4, -0.2) is 20.2 Å². The Balaban J connectivity index is 1.54. The molecule has 0 spiro atoms. The maximum absolute atomic E-state index is 13.3. The smallest absolute Gasteiger partial charge is 0.229 e. The van der Waals surface area contributed by atoms with E-state index in [1.807, 2.05) is 6.07 Å². The van der Waals surface area contributed by atoms with Crippen LogP contribution in [0.3, 0.4) is 0 Å². The van der Waals surface area contributed by atoms with Crippen LogP contribution >= 0.6 is 15.9 Å². The summed E-state index contributed by atoms with van der Waals surface area (Å²) < 4.78 is 27.2. The Hall–Kier alpha value is -2.55. The molecule has 3 aromatic rings. The molecule has 1 saturated carbocycles. The van der Waals surface area contributed by atoms with E-state index in [9.17, 15) is 8.78 Å². The van der Waals surface area contributed by atoms with Crippen molar-refractivity contribution in [2.24, 2.45) is 0 Å². The summed E-state index contributed by atoms with van der Waals surface area (Å²) in [5.41, 5.74) is 1.32. The Bertz CT molecular complexity index is 904. The predicted molar refractivity (Wildman–Crippen MR) is 93.2 cm³/mol. The second-order valence-corrected chi connectivity index (χ2v) is 6.64. The first-order chi connectivity index (χ1) is 12.1. The summed E-state index contributed by atoms with van der Waals surface area (Å²) in [6.45, 7) is 0. The van der Waals surface area contributed by atoms with Crippen LogP contribution in [-0.2, 0) is 0 Å². The Morgan fingerprint density at radius 2 is 1.84 bits per heavy atom. The van der Waals surface area contributed by atoms with Crippen molar-refractivity contribution in [1.82, 2.24) is 20.2 Å². The van der Waals surface area contributed by atoms with Crippen molar-refractivity contribution in [3.63, 3.8) is 0 Å². The second-order valence-electron chi connectivity index (χ2n) is 5.78. The average Bonchev–Trinajstić information content (AvgIpc) is 3.30. The molecule has 0 aliphatic heterocycles. The summed E-state index contributed by atoms with van der Waals surface area (Å²) in [6, 6.07) is 5.07. The van der Waals surface area contributed by atoms with E-state index in [-0.39, 0.29) is 11.6 Å². The molecule has 6 nitrogen and oxygen atoms in total. The van der Waals surface area contributed by atoms with Gasteiger partial charge in [0.2, 0.25) is 5.95 Å². The minimum Gasteiger partial charge on any atom is -0.324 e. The first-order valence-electron chi connectivity index (χ1n) is 7.65. The number of nitrogens with zero attached hydrogens (tertiary/aromatic N) is 3. The van der Waals surface area contributed by atoms with Gasteiger partial charge in [-0.05, 0) is 40.9 Å². The number of aromatic nitrogens is 4. The molecule has 0 atom stereocenters. The number of nitrogens with one attached hydrogen (secondary N) is 3. The molecule has 0 amide bonds. The lowest BCUT2D eigenvalue weighted by molar-refractivity contribution is 0.584. The molecule has 0 saturated heterocycles. The van der Waals surface area contributed by atoms with E-state index in [0.29, 0.717) is 22.0 Å². The fraction of sp³-hybridized carbons (Fsp3) is 0.188. The molecule has 1 aromatic carbocycles. The van der Waals surface area contributed by atoms with Crippen LogP contribution in [0.2, 0.25) is 0 Å². The number of rotatable bonds is 5. The normalized spacial score (nSPS) is 13.7. The Kier molecular flexibility index (Phi) is 4.08. The molecule has 2 aromatic heterocycles. The number of halogens is 3. The summed E-state index contributed by atoms with van der Waals surface area (Å²) in [7, 11) is 0. The molecule has 4 rings (SSSR count). The Labute approximate surface area is 150 Å². The summed E-state index contributed by atoms with van der Waals surface area (Å²) in [6.07, 6.45) is 3.90. The van der Waals surface area contributed by atoms with Crippen LogP contribution in [0.15, 0.2) is 34.9 Å². The van der Waals surface area contributed by atoms with Crippen molar-refractivity contribution in [3.8, 4) is 0 Å². The van der Waals surface area contributed by atoms with Crippen molar-refractivity contribution in [2.45, 2.75) is 18.8 Å². The first-order valence-corrected chi connectivity index (χ1v) is 8.44. The predicted octanol–water partition coefficient (Wildman–Crippen LogP) is 4.61. The first kappa shape index (κ1) is 15.9. The van der Waals surface area contributed by atoms with Gasteiger partial charge < -0.3 is 10.6 Å². The highest BCUT2D eigenvalue weighted by Gasteiger charge is 2.25. The highest BCUT2D eigenvalue weighted by Crippen LogP contribution is 2.39. The molecule has 128 valence electrons. The van der Waals surface area contributed by atoms with Gasteiger partial charge in [-0.1, -0.05) is 0 Å². The van der Waals surface area contributed by atoms with Gasteiger partial charge in [0.15, 0.2) is 11.6 Å². The number of hydrogen-bond donors (Lipinski definition) is 3. The molecular weight excluding hydrogens is 394 g/mol. The average molecular weight is 407 g/mol. The minimum absolute atomic E-state index is 0.202. The Morgan fingerprint density at radius 1 is 1.08 bits per heavy atom. The largest absolute Gasteiger partial charge is 0.324 e. The third-order valence-corrected chi connectivity index (χ3v) is 4.30. The lowest BCUT2D eigenvalue weighted by Gasteiger charge is -2.09. The van der Waals surface area contributed by atoms with Crippen molar-refractivity contribution >= 4 is 39.2 Å². The quantitative estimate of drug-likeness (QED) is 0.576. The van der Waals surface area contributed by atoms with E-state index in [1.54, 1.807) is 6.20 Å². The molecular formula is C16H13BrF2N6. The summed E-state index contributed by atoms with van der Waals surface area (Å²) in [5.74, 6) is 0.544. The van der Waals surface area contributed by atoms with Gasteiger partial charge in [-0.2, -0.15) is 10.1 Å². The highest BCUT2D eigenvalue weighted by atomic mass is 79.9. The van der Waals surface area contributed by atoms with Crippen LogP contribution in [0.4, 0.5) is 32.1 Å². The van der Waals surface area contributed by atoms with Crippen LogP contribution < -0.4 is 10.6 Å². The van der Waals surface area contributed by atoms with Crippen molar-refractivity contribution in [1.29, 1.82) is 0 Å². The van der Waals surface area contributed by atoms with Crippen LogP contribution in [0.1, 0.15) is 24.5 Å². The minimum atomic E-state index is -0.679. The molecule has 1 fully saturated rings. The van der Waals surface area contributed by atoms with Crippen LogP contribution in [0.25, 0.3) is 0 Å². The van der Waals surface area contributed by atoms with Crippen LogP contribution in [0.5, 0.6) is 0 Å². The van der Waals surface area contributed by atoms with Gasteiger partial charge >= 0.3 is 0 Å². The van der Waals surface area contributed by atoms with Crippen molar-refractivity contribution in [3.05, 3.63) is 52.3 Å². The second kappa shape index (κ2) is 6.40. The van der Waals surface area contributed by atoms with Gasteiger partial charge in [0, 0.05) is 35.6 Å². The molecule has 0 bridgehead atoms. The van der Waals surface area contributed by atoms with E-state index < -0.39 is 11.6 Å². The summed E-state index contributed by atoms with van der Waals surface area (Å²) >= 11 is 3.37. The zero-order valence-corrected chi connectivity index (χ0v) is 14.4. The Morgan fingerprint density at radius 3 is 2.56 bits per heavy atom. The molecule has 1 aliphatic carbocycles. The molecule has 3 N–H and O–H groups in total. The summed E-state index contributed by atoms with van der Waals surface area (Å²) in [5, 5.41) is 13.1. The molecule has 9 heteroatoms. The monoisotopic (exact) mass is 406 g/mol. The summed E-state index contributed by atoms with van der Waals surface area (Å²) in [4.78, 5) is 8.41. The van der Waals surface area contributed by atoms with E-state index >= 15 is 0 Å². The lowest BCUT2D eigenvalue weighted by Crippen LogP contribution is -2.02. The maximum atomic E-state index is 13.3. The molecule has 25 heavy (non-hydrogen) atoms. The number of H-pyrrole nitrogens is 1. The van der Waals surface area contributed by atoms with E-state index in [0.717, 1.165) is 23.9 Å². The van der Waals surface area contributed by atoms with Gasteiger partial charge in [0.25, 0.3) is 0 Å². The third-order valence-electron chi connectivity index (χ3n) is 3.72. The van der Waals surface area contributed by atoms with Gasteiger partial charge in [-0.25, -0.2) is 13.8 Å². The molecule has 0 unspecified atom stereocenters. The number of benzene rings is 1. The maximum Gasteiger partial charge on any atom is 0.229 e. The van der Waals surface area contributed by atoms with Crippen LogP contribution in [0, 0.1) is 11.6 Å². The third kappa shape index (κ3) is 3.76. The van der Waals surface area contributed by atoms with Crippen molar-refractivity contribution in [2.75, 3.05) is 10.6 Å². The molecule has 1 aliphatic rings. The molecule has 0 radical (unpaired) electrons. The van der Waals surface area contributed by atoms with Crippen molar-refractivity contribution < 1.29 is 8.78 Å². The number of aromatic amines is 1. The number of anilines is 4. The lowest BCUT2D eigenvalue weighted by atomic mass is 10.3. The molecule has 2 heterocycles. The topological polar surface area (TPSA) is 78.5 Å². The van der Waals surface area contributed by atoms with Gasteiger partial charge in [0.1, 0.15) is 11.6 Å². The standard InChI is InChI=1S/C16H13BrF2N6/c17-12-7-20-16(21-11-4-9(18)3-10(19)5-11)23-15(12)22-14-6-13(24-25-14)8-1-2-8/h3-8H,1-2H2,(H3,20,21,22,23,24,25). The zero-order chi connectivity index (χ0) is 17.4. The fourth-order valence-corrected chi connectivity index (χ4v) is 2.69. The van der Waals surface area contributed by atoms with E-state index in [2.05, 4.69) is 46.7 Å².